The Hall–Kier alpha value is -0.830. The van der Waals surface area contributed by atoms with Gasteiger partial charge in [-0.2, -0.15) is 5.10 Å². The summed E-state index contributed by atoms with van der Waals surface area (Å²) in [5, 5.41) is 8.04. The second kappa shape index (κ2) is 6.37. The monoisotopic (exact) mass is 249 g/mol. The zero-order valence-corrected chi connectivity index (χ0v) is 12.0. The predicted molar refractivity (Wildman–Crippen MR) is 75.7 cm³/mol. The van der Waals surface area contributed by atoms with Crippen LogP contribution in [0.1, 0.15) is 51.6 Å². The van der Waals surface area contributed by atoms with Crippen LogP contribution in [0.5, 0.6) is 0 Å². The SMILES string of the molecule is CCn1nccc1C1CCCC1CNCC(C)C. The van der Waals surface area contributed by atoms with Crippen LogP contribution in [0, 0.1) is 11.8 Å². The minimum Gasteiger partial charge on any atom is -0.316 e. The largest absolute Gasteiger partial charge is 0.316 e. The third-order valence-corrected chi connectivity index (χ3v) is 4.05. The van der Waals surface area contributed by atoms with E-state index in [1.54, 1.807) is 0 Å². The molecule has 1 aliphatic rings. The lowest BCUT2D eigenvalue weighted by molar-refractivity contribution is 0.408. The van der Waals surface area contributed by atoms with E-state index >= 15 is 0 Å². The van der Waals surface area contributed by atoms with Gasteiger partial charge in [0.25, 0.3) is 0 Å². The average molecular weight is 249 g/mol. The van der Waals surface area contributed by atoms with Gasteiger partial charge in [0.15, 0.2) is 0 Å². The van der Waals surface area contributed by atoms with E-state index in [9.17, 15) is 0 Å². The Morgan fingerprint density at radius 3 is 3.00 bits per heavy atom. The van der Waals surface area contributed by atoms with Crippen LogP contribution in [0.4, 0.5) is 0 Å². The number of rotatable bonds is 6. The Bertz CT molecular complexity index is 356. The number of hydrogen-bond acceptors (Lipinski definition) is 2. The highest BCUT2D eigenvalue weighted by Gasteiger charge is 2.30. The van der Waals surface area contributed by atoms with E-state index in [1.807, 2.05) is 6.20 Å². The highest BCUT2D eigenvalue weighted by Crippen LogP contribution is 2.39. The molecule has 18 heavy (non-hydrogen) atoms. The van der Waals surface area contributed by atoms with Gasteiger partial charge in [-0.1, -0.05) is 20.3 Å². The van der Waals surface area contributed by atoms with E-state index in [4.69, 9.17) is 0 Å². The van der Waals surface area contributed by atoms with Crippen molar-refractivity contribution in [3.05, 3.63) is 18.0 Å². The topological polar surface area (TPSA) is 29.9 Å². The first kappa shape index (κ1) is 13.6. The molecule has 1 saturated carbocycles. The minimum atomic E-state index is 0.715. The van der Waals surface area contributed by atoms with Crippen LogP contribution in [-0.2, 0) is 6.54 Å². The number of nitrogens with zero attached hydrogens (tertiary/aromatic N) is 2. The number of aromatic nitrogens is 2. The number of aryl methyl sites for hydroxylation is 1. The third kappa shape index (κ3) is 3.14. The molecule has 3 heteroatoms. The molecule has 0 spiro atoms. The average Bonchev–Trinajstić information content (AvgIpc) is 2.95. The molecule has 2 rings (SSSR count). The highest BCUT2D eigenvalue weighted by molar-refractivity contribution is 5.11. The van der Waals surface area contributed by atoms with Crippen molar-refractivity contribution >= 4 is 0 Å². The van der Waals surface area contributed by atoms with E-state index in [0.29, 0.717) is 5.92 Å². The molecule has 1 aliphatic carbocycles. The molecule has 1 N–H and O–H groups in total. The van der Waals surface area contributed by atoms with Crippen molar-refractivity contribution in [2.75, 3.05) is 13.1 Å². The lowest BCUT2D eigenvalue weighted by Gasteiger charge is -2.21. The molecule has 1 fully saturated rings. The molecule has 2 atom stereocenters. The Morgan fingerprint density at radius 2 is 2.28 bits per heavy atom. The van der Waals surface area contributed by atoms with Gasteiger partial charge in [-0.3, -0.25) is 4.68 Å². The van der Waals surface area contributed by atoms with Crippen molar-refractivity contribution in [2.24, 2.45) is 11.8 Å². The van der Waals surface area contributed by atoms with Crippen molar-refractivity contribution in [1.29, 1.82) is 0 Å². The van der Waals surface area contributed by atoms with Crippen molar-refractivity contribution in [3.63, 3.8) is 0 Å². The second-order valence-electron chi connectivity index (χ2n) is 5.92. The minimum absolute atomic E-state index is 0.715. The fraction of sp³-hybridized carbons (Fsp3) is 0.800. The van der Waals surface area contributed by atoms with Gasteiger partial charge in [-0.25, -0.2) is 0 Å². The summed E-state index contributed by atoms with van der Waals surface area (Å²) in [6.45, 7) is 10.0. The zero-order valence-electron chi connectivity index (χ0n) is 12.0. The molecule has 0 aromatic carbocycles. The Labute approximate surface area is 111 Å². The molecular weight excluding hydrogens is 222 g/mol. The van der Waals surface area contributed by atoms with Gasteiger partial charge in [-0.15, -0.1) is 0 Å². The molecular formula is C15H27N3. The molecule has 0 saturated heterocycles. The van der Waals surface area contributed by atoms with Crippen molar-refractivity contribution < 1.29 is 0 Å². The number of hydrogen-bond donors (Lipinski definition) is 1. The van der Waals surface area contributed by atoms with Crippen LogP contribution in [0.3, 0.4) is 0 Å². The highest BCUT2D eigenvalue weighted by atomic mass is 15.3. The molecule has 0 amide bonds. The van der Waals surface area contributed by atoms with Gasteiger partial charge in [0.1, 0.15) is 0 Å². The quantitative estimate of drug-likeness (QED) is 0.840. The van der Waals surface area contributed by atoms with Crippen LogP contribution in [-0.4, -0.2) is 22.9 Å². The molecule has 1 aromatic rings. The third-order valence-electron chi connectivity index (χ3n) is 4.05. The smallest absolute Gasteiger partial charge is 0.0492 e. The summed E-state index contributed by atoms with van der Waals surface area (Å²) in [6, 6.07) is 2.22. The molecule has 2 unspecified atom stereocenters. The standard InChI is InChI=1S/C15H27N3/c1-4-18-15(8-9-17-18)14-7-5-6-13(14)11-16-10-12(2)3/h8-9,12-14,16H,4-7,10-11H2,1-3H3. The molecule has 0 radical (unpaired) electrons. The fourth-order valence-electron chi connectivity index (χ4n) is 3.15. The van der Waals surface area contributed by atoms with Gasteiger partial charge >= 0.3 is 0 Å². The molecule has 0 bridgehead atoms. The van der Waals surface area contributed by atoms with Crippen LogP contribution >= 0.6 is 0 Å². The second-order valence-corrected chi connectivity index (χ2v) is 5.92. The molecule has 1 aromatic heterocycles. The Kier molecular flexibility index (Phi) is 4.81. The molecule has 1 heterocycles. The van der Waals surface area contributed by atoms with E-state index in [2.05, 4.69) is 41.9 Å². The van der Waals surface area contributed by atoms with E-state index in [0.717, 1.165) is 31.5 Å². The summed E-state index contributed by atoms with van der Waals surface area (Å²) in [6.07, 6.45) is 6.02. The van der Waals surface area contributed by atoms with Crippen molar-refractivity contribution in [3.8, 4) is 0 Å². The predicted octanol–water partition coefficient (Wildman–Crippen LogP) is 3.03. The maximum Gasteiger partial charge on any atom is 0.0492 e. The van der Waals surface area contributed by atoms with Crippen molar-refractivity contribution in [1.82, 2.24) is 15.1 Å². The van der Waals surface area contributed by atoms with Gasteiger partial charge in [-0.05, 0) is 50.8 Å². The number of nitrogens with one attached hydrogen (secondary N) is 1. The van der Waals surface area contributed by atoms with Crippen LogP contribution in [0.2, 0.25) is 0 Å². The summed E-state index contributed by atoms with van der Waals surface area (Å²) < 4.78 is 2.17. The van der Waals surface area contributed by atoms with E-state index in [-0.39, 0.29) is 0 Å². The maximum absolute atomic E-state index is 4.42. The van der Waals surface area contributed by atoms with Gasteiger partial charge < -0.3 is 5.32 Å². The van der Waals surface area contributed by atoms with E-state index < -0.39 is 0 Å². The first-order chi connectivity index (χ1) is 8.72. The summed E-state index contributed by atoms with van der Waals surface area (Å²) in [5.41, 5.74) is 1.45. The summed E-state index contributed by atoms with van der Waals surface area (Å²) in [5.74, 6) is 2.25. The summed E-state index contributed by atoms with van der Waals surface area (Å²) >= 11 is 0. The summed E-state index contributed by atoms with van der Waals surface area (Å²) in [7, 11) is 0. The Balaban J connectivity index is 1.95. The maximum atomic E-state index is 4.42. The van der Waals surface area contributed by atoms with Crippen LogP contribution in [0.25, 0.3) is 0 Å². The summed E-state index contributed by atoms with van der Waals surface area (Å²) in [4.78, 5) is 0. The first-order valence-electron chi connectivity index (χ1n) is 7.44. The Morgan fingerprint density at radius 1 is 1.44 bits per heavy atom. The molecule has 3 nitrogen and oxygen atoms in total. The van der Waals surface area contributed by atoms with Crippen LogP contribution < -0.4 is 5.32 Å². The normalized spacial score (nSPS) is 24.0. The van der Waals surface area contributed by atoms with Crippen LogP contribution in [0.15, 0.2) is 12.3 Å². The fourth-order valence-corrected chi connectivity index (χ4v) is 3.15. The molecule has 102 valence electrons. The first-order valence-corrected chi connectivity index (χ1v) is 7.44. The van der Waals surface area contributed by atoms with Crippen molar-refractivity contribution in [2.45, 2.75) is 52.5 Å². The van der Waals surface area contributed by atoms with Gasteiger partial charge in [0.05, 0.1) is 0 Å². The zero-order chi connectivity index (χ0) is 13.0. The van der Waals surface area contributed by atoms with Gasteiger partial charge in [0.2, 0.25) is 0 Å². The molecule has 0 aliphatic heterocycles. The lowest BCUT2D eigenvalue weighted by atomic mass is 9.92. The lowest BCUT2D eigenvalue weighted by Crippen LogP contribution is -2.28. The van der Waals surface area contributed by atoms with Gasteiger partial charge in [0, 0.05) is 24.4 Å². The van der Waals surface area contributed by atoms with E-state index in [1.165, 1.54) is 25.0 Å².